The Morgan fingerprint density at radius 1 is 1.10 bits per heavy atom. The van der Waals surface area contributed by atoms with Crippen LogP contribution in [0.3, 0.4) is 0 Å². The number of carbonyl (C=O) groups is 2. The van der Waals surface area contributed by atoms with E-state index in [4.69, 9.17) is 4.74 Å². The normalized spacial score (nSPS) is 22.2. The maximum atomic E-state index is 12.6. The van der Waals surface area contributed by atoms with E-state index in [1.165, 1.54) is 19.3 Å². The van der Waals surface area contributed by atoms with Crippen LogP contribution in [0.25, 0.3) is 0 Å². The number of carbonyl (C=O) groups excluding carboxylic acids is 2. The van der Waals surface area contributed by atoms with Crippen molar-refractivity contribution in [1.82, 2.24) is 4.90 Å². The SMILES string of the molecule is CC(C)(C)OC(=O)N(C1CCC1)C(C=O)C1CCCCC1. The highest BCUT2D eigenvalue weighted by Gasteiger charge is 2.40. The van der Waals surface area contributed by atoms with Crippen LogP contribution in [-0.4, -0.2) is 35.0 Å². The zero-order valence-electron chi connectivity index (χ0n) is 13.6. The van der Waals surface area contributed by atoms with Gasteiger partial charge in [-0.2, -0.15) is 0 Å². The van der Waals surface area contributed by atoms with Crippen molar-refractivity contribution in [1.29, 1.82) is 0 Å². The molecule has 0 aromatic carbocycles. The lowest BCUT2D eigenvalue weighted by atomic mass is 9.81. The van der Waals surface area contributed by atoms with Gasteiger partial charge in [-0.1, -0.05) is 19.3 Å². The Morgan fingerprint density at radius 2 is 1.71 bits per heavy atom. The van der Waals surface area contributed by atoms with Crippen molar-refractivity contribution in [3.63, 3.8) is 0 Å². The summed E-state index contributed by atoms with van der Waals surface area (Å²) in [5.74, 6) is 0.310. The van der Waals surface area contributed by atoms with Crippen molar-refractivity contribution in [2.24, 2.45) is 5.92 Å². The van der Waals surface area contributed by atoms with E-state index in [1.807, 2.05) is 20.8 Å². The first-order valence-electron chi connectivity index (χ1n) is 8.39. The number of hydrogen-bond donors (Lipinski definition) is 0. The average Bonchev–Trinajstić information content (AvgIpc) is 2.35. The lowest BCUT2D eigenvalue weighted by Crippen LogP contribution is -2.55. The molecule has 1 atom stereocenters. The molecule has 2 aliphatic rings. The average molecular weight is 295 g/mol. The molecule has 0 aromatic rings. The number of nitrogens with zero attached hydrogens (tertiary/aromatic N) is 1. The molecule has 2 saturated carbocycles. The Hall–Kier alpha value is -1.06. The Morgan fingerprint density at radius 3 is 2.14 bits per heavy atom. The zero-order chi connectivity index (χ0) is 15.5. The molecule has 2 rings (SSSR count). The third kappa shape index (κ3) is 4.21. The van der Waals surface area contributed by atoms with Crippen LogP contribution in [0.15, 0.2) is 0 Å². The third-order valence-corrected chi connectivity index (χ3v) is 4.67. The van der Waals surface area contributed by atoms with Gasteiger partial charge in [-0.05, 0) is 58.8 Å². The molecule has 0 aromatic heterocycles. The fraction of sp³-hybridized carbons (Fsp3) is 0.882. The van der Waals surface area contributed by atoms with Crippen LogP contribution in [0.5, 0.6) is 0 Å². The summed E-state index contributed by atoms with van der Waals surface area (Å²) in [6.07, 6.45) is 9.49. The molecule has 0 heterocycles. The highest BCUT2D eigenvalue weighted by molar-refractivity contribution is 5.74. The second-order valence-corrected chi connectivity index (χ2v) is 7.50. The maximum absolute atomic E-state index is 12.6. The van der Waals surface area contributed by atoms with Crippen molar-refractivity contribution in [3.05, 3.63) is 0 Å². The first-order valence-corrected chi connectivity index (χ1v) is 8.39. The standard InChI is InChI=1S/C17H29NO3/c1-17(2,3)21-16(20)18(14-10-7-11-14)15(12-19)13-8-5-4-6-9-13/h12-15H,4-11H2,1-3H3. The minimum absolute atomic E-state index is 0.192. The van der Waals surface area contributed by atoms with E-state index in [2.05, 4.69) is 0 Å². The van der Waals surface area contributed by atoms with Gasteiger partial charge < -0.3 is 9.53 Å². The van der Waals surface area contributed by atoms with Crippen molar-refractivity contribution >= 4 is 12.4 Å². The first-order chi connectivity index (χ1) is 9.92. The van der Waals surface area contributed by atoms with Gasteiger partial charge in [0.15, 0.2) is 0 Å². The van der Waals surface area contributed by atoms with Crippen molar-refractivity contribution in [3.8, 4) is 0 Å². The molecule has 120 valence electrons. The summed E-state index contributed by atoms with van der Waals surface area (Å²) < 4.78 is 5.56. The van der Waals surface area contributed by atoms with Crippen LogP contribution in [-0.2, 0) is 9.53 Å². The molecule has 4 nitrogen and oxygen atoms in total. The largest absolute Gasteiger partial charge is 0.444 e. The third-order valence-electron chi connectivity index (χ3n) is 4.67. The predicted molar refractivity (Wildman–Crippen MR) is 82.1 cm³/mol. The molecule has 4 heteroatoms. The molecule has 0 bridgehead atoms. The van der Waals surface area contributed by atoms with Gasteiger partial charge in [0.05, 0.1) is 6.04 Å². The van der Waals surface area contributed by atoms with Crippen LogP contribution in [0, 0.1) is 5.92 Å². The van der Waals surface area contributed by atoms with Crippen molar-refractivity contribution in [2.75, 3.05) is 0 Å². The molecule has 0 spiro atoms. The van der Waals surface area contributed by atoms with Gasteiger partial charge in [0.2, 0.25) is 0 Å². The van der Waals surface area contributed by atoms with E-state index in [-0.39, 0.29) is 18.2 Å². The summed E-state index contributed by atoms with van der Waals surface area (Å²) in [6, 6.07) is -0.109. The summed E-state index contributed by atoms with van der Waals surface area (Å²) in [5.41, 5.74) is -0.515. The Kier molecular flexibility index (Phi) is 5.28. The highest BCUT2D eigenvalue weighted by atomic mass is 16.6. The van der Waals surface area contributed by atoms with E-state index in [0.29, 0.717) is 5.92 Å². The van der Waals surface area contributed by atoms with Gasteiger partial charge in [0, 0.05) is 6.04 Å². The molecular formula is C17H29NO3. The smallest absolute Gasteiger partial charge is 0.411 e. The van der Waals surface area contributed by atoms with Crippen LogP contribution < -0.4 is 0 Å². The Labute approximate surface area is 128 Å². The molecule has 1 unspecified atom stereocenters. The number of aldehydes is 1. The minimum Gasteiger partial charge on any atom is -0.444 e. The molecule has 21 heavy (non-hydrogen) atoms. The first kappa shape index (κ1) is 16.3. The topological polar surface area (TPSA) is 46.6 Å². The summed E-state index contributed by atoms with van der Waals surface area (Å²) >= 11 is 0. The highest BCUT2D eigenvalue weighted by Crippen LogP contribution is 2.34. The van der Waals surface area contributed by atoms with Gasteiger partial charge in [-0.15, -0.1) is 0 Å². The molecule has 2 fully saturated rings. The second-order valence-electron chi connectivity index (χ2n) is 7.50. The molecule has 0 N–H and O–H groups in total. The van der Waals surface area contributed by atoms with E-state index < -0.39 is 5.60 Å². The lowest BCUT2D eigenvalue weighted by molar-refractivity contribution is -0.116. The Balaban J connectivity index is 2.12. The fourth-order valence-corrected chi connectivity index (χ4v) is 3.37. The molecule has 0 radical (unpaired) electrons. The van der Waals surface area contributed by atoms with Gasteiger partial charge >= 0.3 is 6.09 Å². The van der Waals surface area contributed by atoms with Gasteiger partial charge in [-0.25, -0.2) is 4.79 Å². The van der Waals surface area contributed by atoms with E-state index in [1.54, 1.807) is 4.90 Å². The van der Waals surface area contributed by atoms with Crippen molar-refractivity contribution < 1.29 is 14.3 Å². The molecule has 2 aliphatic carbocycles. The van der Waals surface area contributed by atoms with Crippen molar-refractivity contribution in [2.45, 2.75) is 89.8 Å². The molecule has 1 amide bonds. The number of hydrogen-bond acceptors (Lipinski definition) is 3. The van der Waals surface area contributed by atoms with E-state index in [0.717, 1.165) is 38.4 Å². The minimum atomic E-state index is -0.515. The monoisotopic (exact) mass is 295 g/mol. The summed E-state index contributed by atoms with van der Waals surface area (Å²) in [6.45, 7) is 5.63. The maximum Gasteiger partial charge on any atom is 0.411 e. The summed E-state index contributed by atoms with van der Waals surface area (Å²) in [4.78, 5) is 26.1. The number of rotatable bonds is 4. The Bertz CT molecular complexity index is 365. The number of amides is 1. The van der Waals surface area contributed by atoms with Crippen LogP contribution in [0.2, 0.25) is 0 Å². The van der Waals surface area contributed by atoms with Gasteiger partial charge in [0.25, 0.3) is 0 Å². The second kappa shape index (κ2) is 6.80. The van der Waals surface area contributed by atoms with Crippen LogP contribution >= 0.6 is 0 Å². The molecule has 0 aliphatic heterocycles. The summed E-state index contributed by atoms with van der Waals surface area (Å²) in [5, 5.41) is 0. The van der Waals surface area contributed by atoms with E-state index >= 15 is 0 Å². The zero-order valence-corrected chi connectivity index (χ0v) is 13.6. The van der Waals surface area contributed by atoms with Crippen LogP contribution in [0.4, 0.5) is 4.79 Å². The molecule has 0 saturated heterocycles. The predicted octanol–water partition coefficient (Wildman–Crippen LogP) is 3.92. The lowest BCUT2D eigenvalue weighted by Gasteiger charge is -2.44. The fourth-order valence-electron chi connectivity index (χ4n) is 3.37. The number of ether oxygens (including phenoxy) is 1. The summed E-state index contributed by atoms with van der Waals surface area (Å²) in [7, 11) is 0. The van der Waals surface area contributed by atoms with Gasteiger partial charge in [-0.3, -0.25) is 4.90 Å². The van der Waals surface area contributed by atoms with Crippen LogP contribution in [0.1, 0.15) is 72.1 Å². The van der Waals surface area contributed by atoms with E-state index in [9.17, 15) is 9.59 Å². The quantitative estimate of drug-likeness (QED) is 0.738. The van der Waals surface area contributed by atoms with Gasteiger partial charge in [0.1, 0.15) is 11.9 Å². The molecular weight excluding hydrogens is 266 g/mol.